The van der Waals surface area contributed by atoms with Crippen molar-refractivity contribution >= 4 is 69.8 Å². The molecule has 2 aliphatic rings. The molecule has 0 saturated carbocycles. The minimum atomic E-state index is -3.77. The summed E-state index contributed by atoms with van der Waals surface area (Å²) in [5, 5.41) is 9.37. The maximum absolute atomic E-state index is 13.9. The van der Waals surface area contributed by atoms with Gasteiger partial charge in [-0.3, -0.25) is 4.70 Å². The molecule has 0 radical (unpaired) electrons. The fourth-order valence-electron chi connectivity index (χ4n) is 6.07. The van der Waals surface area contributed by atoms with Crippen molar-refractivity contribution in [3.05, 3.63) is 179 Å². The molecule has 6 aromatic rings. The summed E-state index contributed by atoms with van der Waals surface area (Å²) in [4.78, 5) is 8.66. The van der Waals surface area contributed by atoms with E-state index in [0.29, 0.717) is 0 Å². The van der Waals surface area contributed by atoms with Crippen molar-refractivity contribution in [2.45, 2.75) is 20.9 Å². The van der Waals surface area contributed by atoms with Gasteiger partial charge in [0.05, 0.1) is 0 Å². The Morgan fingerprint density at radius 2 is 0.823 bits per heavy atom. The number of hydrogen-bond donors (Lipinski definition) is 1. The van der Waals surface area contributed by atoms with Gasteiger partial charge in [0.15, 0.2) is 0 Å². The molecule has 18 heteroatoms. The lowest BCUT2D eigenvalue weighted by molar-refractivity contribution is -0.0964. The Labute approximate surface area is 375 Å². The number of aromatic hydroxyl groups is 1. The SMILES string of the molecule is ClC(Cl)(Cl)Cl.F.Fc1cccc(F)c1C1=NC(c2ccc(-c3ccc(OC(F)(F)Cl)cc3)cc2)CO1.Oc1ccc(-c2ccc(C3COC(c4c(F)cccc4F)=N3)cc2)cc1. The smallest absolute Gasteiger partial charge is 0.487 e. The van der Waals surface area contributed by atoms with E-state index in [9.17, 15) is 31.4 Å². The number of ether oxygens (including phenoxy) is 3. The lowest BCUT2D eigenvalue weighted by Gasteiger charge is -2.11. The van der Waals surface area contributed by atoms with E-state index >= 15 is 0 Å². The van der Waals surface area contributed by atoms with Crippen LogP contribution in [0.2, 0.25) is 0 Å². The van der Waals surface area contributed by atoms with Crippen LogP contribution in [-0.2, 0) is 9.47 Å². The molecule has 8 rings (SSSR count). The van der Waals surface area contributed by atoms with Gasteiger partial charge < -0.3 is 19.3 Å². The van der Waals surface area contributed by atoms with Crippen LogP contribution in [0.3, 0.4) is 0 Å². The zero-order chi connectivity index (χ0) is 43.9. The van der Waals surface area contributed by atoms with Gasteiger partial charge >= 0.3 is 5.57 Å². The van der Waals surface area contributed by atoms with E-state index < -0.39 is 38.1 Å². The Morgan fingerprint density at radius 3 is 1.15 bits per heavy atom. The van der Waals surface area contributed by atoms with Crippen molar-refractivity contribution < 1.29 is 50.4 Å². The van der Waals surface area contributed by atoms with Gasteiger partial charge in [0, 0.05) is 11.6 Å². The van der Waals surface area contributed by atoms with Crippen LogP contribution < -0.4 is 4.74 Å². The second kappa shape index (κ2) is 20.8. The average molecular weight is 961 g/mol. The number of benzene rings is 6. The van der Waals surface area contributed by atoms with Crippen LogP contribution in [0.5, 0.6) is 11.5 Å². The summed E-state index contributed by atoms with van der Waals surface area (Å²) < 4.78 is 94.5. The van der Waals surface area contributed by atoms with Crippen LogP contribution >= 0.6 is 58.0 Å². The molecule has 6 aromatic carbocycles. The maximum Gasteiger partial charge on any atom is 0.487 e. The molecule has 62 heavy (non-hydrogen) atoms. The minimum Gasteiger partial charge on any atom is -0.508 e. The highest BCUT2D eigenvalue weighted by Gasteiger charge is 2.29. The second-order valence-electron chi connectivity index (χ2n) is 13.0. The summed E-state index contributed by atoms with van der Waals surface area (Å²) in [7, 11) is 0. The lowest BCUT2D eigenvalue weighted by atomic mass is 10.0. The Hall–Kier alpha value is -5.18. The largest absolute Gasteiger partial charge is 0.508 e. The number of phenols is 1. The van der Waals surface area contributed by atoms with Gasteiger partial charge in [0.2, 0.25) is 11.8 Å². The Bertz CT molecular complexity index is 2460. The zero-order valence-electron chi connectivity index (χ0n) is 31.4. The number of nitrogens with zero attached hydrogens (tertiary/aromatic N) is 2. The number of aliphatic imine (C=N–C) groups is 2. The van der Waals surface area contributed by atoms with Gasteiger partial charge in [0.25, 0.3) is 3.25 Å². The number of halogens is 12. The van der Waals surface area contributed by atoms with E-state index in [0.717, 1.165) is 45.5 Å². The van der Waals surface area contributed by atoms with Crippen LogP contribution in [0.25, 0.3) is 22.3 Å². The van der Waals surface area contributed by atoms with Gasteiger partial charge in [-0.25, -0.2) is 27.5 Å². The highest BCUT2D eigenvalue weighted by atomic mass is 35.6. The molecule has 324 valence electrons. The Kier molecular flexibility index (Phi) is 16.1. The van der Waals surface area contributed by atoms with Crippen molar-refractivity contribution in [1.29, 1.82) is 0 Å². The Balaban J connectivity index is 0.000000210. The number of hydrogen-bond acceptors (Lipinski definition) is 6. The molecule has 2 aliphatic heterocycles. The van der Waals surface area contributed by atoms with Crippen LogP contribution in [0.4, 0.5) is 31.0 Å². The van der Waals surface area contributed by atoms with Crippen molar-refractivity contribution in [3.63, 3.8) is 0 Å². The molecule has 0 spiro atoms. The Morgan fingerprint density at radius 1 is 0.516 bits per heavy atom. The lowest BCUT2D eigenvalue weighted by Crippen LogP contribution is -2.15. The van der Waals surface area contributed by atoms with E-state index in [1.54, 1.807) is 24.3 Å². The first-order chi connectivity index (χ1) is 28.9. The second-order valence-corrected chi connectivity index (χ2v) is 16.9. The molecule has 1 N–H and O–H groups in total. The first-order valence-corrected chi connectivity index (χ1v) is 19.7. The van der Waals surface area contributed by atoms with Gasteiger partial charge in [-0.2, -0.15) is 0 Å². The molecule has 2 atom stereocenters. The monoisotopic (exact) mass is 958 g/mol. The van der Waals surface area contributed by atoms with Crippen molar-refractivity contribution in [3.8, 4) is 33.8 Å². The van der Waals surface area contributed by atoms with Gasteiger partial charge in [0.1, 0.15) is 71.2 Å². The fraction of sp³-hybridized carbons (Fsp3) is 0.136. The number of rotatable bonds is 8. The fourth-order valence-corrected chi connectivity index (χ4v) is 6.15. The van der Waals surface area contributed by atoms with E-state index in [4.69, 9.17) is 67.5 Å². The van der Waals surface area contributed by atoms with Crippen LogP contribution in [0.1, 0.15) is 34.3 Å². The molecule has 0 saturated heterocycles. The molecular weight excluding hydrogens is 931 g/mol. The molecular formula is C44H30Cl5F7N2O4. The third-order valence-corrected chi connectivity index (χ3v) is 8.95. The molecule has 2 unspecified atom stereocenters. The summed E-state index contributed by atoms with van der Waals surface area (Å²) in [6, 6.07) is 34.6. The normalized spacial score (nSPS) is 15.6. The molecule has 0 fully saturated rings. The highest BCUT2D eigenvalue weighted by Crippen LogP contribution is 2.33. The standard InChI is InChI=1S/C22H14ClF4NO2.C21H15F2NO2.CCl4.FH/c23-22(26,27)30-16-10-8-14(9-11-16)13-4-6-15(7-5-13)19-12-29-21(28-19)20-17(24)2-1-3-18(20)25;22-17-2-1-3-18(23)20(17)21-24-19(12-26-21)15-6-4-13(5-7-15)14-8-10-16(25)11-9-14;2-1(3,4)5;/h1-11,19H,12H2;1-11,19,25H,12H2;;1H. The summed E-state index contributed by atoms with van der Waals surface area (Å²) >= 11 is 24.1. The maximum atomic E-state index is 13.9. The number of alkyl halides is 7. The minimum absolute atomic E-state index is 0. The molecule has 0 amide bonds. The van der Waals surface area contributed by atoms with Crippen molar-refractivity contribution in [2.75, 3.05) is 13.2 Å². The zero-order valence-corrected chi connectivity index (χ0v) is 35.2. The number of phenolic OH excluding ortho intramolecular Hbond substituents is 1. The van der Waals surface area contributed by atoms with Crippen molar-refractivity contribution in [1.82, 2.24) is 0 Å². The van der Waals surface area contributed by atoms with Gasteiger partial charge in [-0.05, 0) is 81.9 Å². The molecule has 2 heterocycles. The molecule has 0 aromatic heterocycles. The van der Waals surface area contributed by atoms with E-state index in [1.807, 2.05) is 60.7 Å². The summed E-state index contributed by atoms with van der Waals surface area (Å²) in [6.45, 7) is 0.406. The third kappa shape index (κ3) is 13.2. The summed E-state index contributed by atoms with van der Waals surface area (Å²) in [6.07, 6.45) is 0. The topological polar surface area (TPSA) is 72.6 Å². The molecule has 6 nitrogen and oxygen atoms in total. The average Bonchev–Trinajstić information content (AvgIpc) is 3.89. The molecule has 0 aliphatic carbocycles. The van der Waals surface area contributed by atoms with Gasteiger partial charge in [-0.15, -0.1) is 8.78 Å². The summed E-state index contributed by atoms with van der Waals surface area (Å²) in [5.41, 5.74) is 1.05. The predicted molar refractivity (Wildman–Crippen MR) is 229 cm³/mol. The summed E-state index contributed by atoms with van der Waals surface area (Å²) in [5.74, 6) is -2.75. The molecule has 0 bridgehead atoms. The van der Waals surface area contributed by atoms with Crippen LogP contribution in [0, 0.1) is 23.3 Å². The predicted octanol–water partition coefficient (Wildman–Crippen LogP) is 13.9. The first-order valence-electron chi connectivity index (χ1n) is 17.8. The van der Waals surface area contributed by atoms with Crippen LogP contribution in [0.15, 0.2) is 143 Å². The van der Waals surface area contributed by atoms with Gasteiger partial charge in [-0.1, -0.05) is 131 Å². The van der Waals surface area contributed by atoms with Crippen LogP contribution in [-0.4, -0.2) is 38.9 Å². The van der Waals surface area contributed by atoms with E-state index in [-0.39, 0.29) is 58.4 Å². The van der Waals surface area contributed by atoms with E-state index in [2.05, 4.69) is 14.7 Å². The highest BCUT2D eigenvalue weighted by molar-refractivity contribution is 6.83. The third-order valence-electron chi connectivity index (χ3n) is 8.87. The van der Waals surface area contributed by atoms with Crippen molar-refractivity contribution in [2.24, 2.45) is 9.98 Å². The van der Waals surface area contributed by atoms with E-state index in [1.165, 1.54) is 36.4 Å². The quantitative estimate of drug-likeness (QED) is 0.122. The first kappa shape index (κ1) is 47.9.